The maximum Gasteiger partial charge on any atom is 0.151 e. The summed E-state index contributed by atoms with van der Waals surface area (Å²) in [5, 5.41) is 16.0. The van der Waals surface area contributed by atoms with Crippen molar-refractivity contribution < 1.29 is 9.13 Å². The lowest BCUT2D eigenvalue weighted by Gasteiger charge is -2.11. The summed E-state index contributed by atoms with van der Waals surface area (Å²) in [4.78, 5) is 9.63. The minimum Gasteiger partial charge on any atom is -0.487 e. The van der Waals surface area contributed by atoms with E-state index in [1.54, 1.807) is 24.3 Å². The third-order valence-electron chi connectivity index (χ3n) is 5.47. The highest BCUT2D eigenvalue weighted by Crippen LogP contribution is 2.33. The maximum atomic E-state index is 13.4. The van der Waals surface area contributed by atoms with Gasteiger partial charge in [-0.2, -0.15) is 5.26 Å². The maximum absolute atomic E-state index is 13.4. The molecule has 5 rings (SSSR count). The molecule has 2 N–H and O–H groups in total. The largest absolute Gasteiger partial charge is 0.487 e. The first kappa shape index (κ1) is 23.1. The van der Waals surface area contributed by atoms with Crippen molar-refractivity contribution >= 4 is 44.7 Å². The number of anilines is 2. The van der Waals surface area contributed by atoms with Gasteiger partial charge in [0.25, 0.3) is 0 Å². The molecular weight excluding hydrogens is 485 g/mol. The van der Waals surface area contributed by atoms with Crippen molar-refractivity contribution in [3.05, 3.63) is 76.1 Å². The van der Waals surface area contributed by atoms with Crippen molar-refractivity contribution in [2.24, 2.45) is 5.92 Å². The minimum absolute atomic E-state index is 0.0170. The molecule has 2 atom stereocenters. The van der Waals surface area contributed by atoms with Gasteiger partial charge < -0.3 is 15.4 Å². The van der Waals surface area contributed by atoms with Gasteiger partial charge in [0.05, 0.1) is 38.1 Å². The number of fused-ring (bicyclic) bond motifs is 1. The summed E-state index contributed by atoms with van der Waals surface area (Å²) in [6.07, 6.45) is 2.24. The van der Waals surface area contributed by atoms with Gasteiger partial charge >= 0.3 is 0 Å². The molecule has 1 aliphatic heterocycles. The third-order valence-corrected chi connectivity index (χ3v) is 6.81. The number of ether oxygens (including phenoxy) is 1. The second-order valence-electron chi connectivity index (χ2n) is 8.03. The summed E-state index contributed by atoms with van der Waals surface area (Å²) >= 11 is 7.93. The molecule has 3 heterocycles. The van der Waals surface area contributed by atoms with E-state index in [2.05, 4.69) is 38.5 Å². The van der Waals surface area contributed by atoms with E-state index in [4.69, 9.17) is 21.6 Å². The summed E-state index contributed by atoms with van der Waals surface area (Å²) < 4.78 is 20.0. The Bertz CT molecular complexity index is 1490. The van der Waals surface area contributed by atoms with Crippen molar-refractivity contribution in [1.29, 1.82) is 5.26 Å². The molecule has 0 amide bonds. The SMILES string of the molecule is N#C[C@@H]1CN[C@H](C#Cc2cc3ncnc(Nc4ccc(OCc5cccc(F)c5)c(Cl)c4)c3s2)C1. The van der Waals surface area contributed by atoms with Gasteiger partial charge in [-0.15, -0.1) is 11.3 Å². The van der Waals surface area contributed by atoms with E-state index in [0.717, 1.165) is 32.8 Å². The second kappa shape index (κ2) is 10.3. The standard InChI is InChI=1S/C26H19ClFN5OS/c27-22-10-20(5-7-24(22)34-14-16-2-1-3-18(28)8-16)33-26-25-23(31-15-32-26)11-21(35-25)6-4-19-9-17(12-29)13-30-19/h1-3,5,7-8,10-11,15,17,19,30H,9,13-14H2,(H,31,32,33)/t17-,19-/m1/s1. The molecular formula is C26H19ClFN5OS. The summed E-state index contributed by atoms with van der Waals surface area (Å²) in [5.74, 6) is 7.28. The lowest BCUT2D eigenvalue weighted by atomic mass is 10.1. The first-order valence-corrected chi connectivity index (χ1v) is 12.1. The molecule has 0 unspecified atom stereocenters. The normalized spacial score (nSPS) is 16.9. The molecule has 0 saturated carbocycles. The van der Waals surface area contributed by atoms with Crippen LogP contribution in [-0.4, -0.2) is 22.6 Å². The molecule has 0 spiro atoms. The molecule has 2 aromatic carbocycles. The molecule has 4 aromatic rings. The number of benzene rings is 2. The van der Waals surface area contributed by atoms with Gasteiger partial charge in [0.2, 0.25) is 0 Å². The average Bonchev–Trinajstić information content (AvgIpc) is 3.49. The molecule has 0 aliphatic carbocycles. The van der Waals surface area contributed by atoms with Crippen molar-refractivity contribution in [2.45, 2.75) is 19.1 Å². The fraction of sp³-hybridized carbons (Fsp3) is 0.192. The van der Waals surface area contributed by atoms with Crippen LogP contribution in [0.2, 0.25) is 5.02 Å². The molecule has 1 aliphatic rings. The first-order valence-electron chi connectivity index (χ1n) is 10.9. The quantitative estimate of drug-likeness (QED) is 0.342. The van der Waals surface area contributed by atoms with Crippen molar-refractivity contribution in [3.8, 4) is 23.7 Å². The number of thiophene rings is 1. The lowest BCUT2D eigenvalue weighted by molar-refractivity contribution is 0.306. The molecule has 2 aromatic heterocycles. The highest BCUT2D eigenvalue weighted by Gasteiger charge is 2.21. The molecule has 35 heavy (non-hydrogen) atoms. The van der Waals surface area contributed by atoms with Crippen LogP contribution in [0.3, 0.4) is 0 Å². The summed E-state index contributed by atoms with van der Waals surface area (Å²) in [5.41, 5.74) is 2.26. The highest BCUT2D eigenvalue weighted by atomic mass is 35.5. The number of aromatic nitrogens is 2. The predicted octanol–water partition coefficient (Wildman–Crippen LogP) is 5.66. The smallest absolute Gasteiger partial charge is 0.151 e. The van der Waals surface area contributed by atoms with Gasteiger partial charge in [-0.25, -0.2) is 14.4 Å². The summed E-state index contributed by atoms with van der Waals surface area (Å²) in [6, 6.07) is 15.8. The Morgan fingerprint density at radius 1 is 1.23 bits per heavy atom. The molecule has 9 heteroatoms. The molecule has 6 nitrogen and oxygen atoms in total. The van der Waals surface area contributed by atoms with E-state index in [0.29, 0.717) is 23.1 Å². The van der Waals surface area contributed by atoms with Gasteiger partial charge in [-0.3, -0.25) is 0 Å². The Kier molecular flexibility index (Phi) is 6.78. The van der Waals surface area contributed by atoms with E-state index in [-0.39, 0.29) is 24.4 Å². The number of hydrogen-bond acceptors (Lipinski definition) is 7. The van der Waals surface area contributed by atoms with Gasteiger partial charge in [-0.05, 0) is 48.4 Å². The van der Waals surface area contributed by atoms with Crippen LogP contribution in [0.5, 0.6) is 5.75 Å². The van der Waals surface area contributed by atoms with E-state index in [1.165, 1.54) is 29.8 Å². The van der Waals surface area contributed by atoms with Crippen molar-refractivity contribution in [3.63, 3.8) is 0 Å². The van der Waals surface area contributed by atoms with E-state index >= 15 is 0 Å². The summed E-state index contributed by atoms with van der Waals surface area (Å²) in [7, 11) is 0. The minimum atomic E-state index is -0.307. The van der Waals surface area contributed by atoms with Gasteiger partial charge in [0, 0.05) is 12.2 Å². The van der Waals surface area contributed by atoms with Crippen LogP contribution in [0.25, 0.3) is 10.2 Å². The second-order valence-corrected chi connectivity index (χ2v) is 9.49. The lowest BCUT2D eigenvalue weighted by Crippen LogP contribution is -2.18. The topological polar surface area (TPSA) is 82.9 Å². The fourth-order valence-electron chi connectivity index (χ4n) is 3.73. The Balaban J connectivity index is 1.29. The van der Waals surface area contributed by atoms with E-state index in [9.17, 15) is 4.39 Å². The predicted molar refractivity (Wildman–Crippen MR) is 135 cm³/mol. The Labute approximate surface area is 210 Å². The molecule has 0 bridgehead atoms. The van der Waals surface area contributed by atoms with Gasteiger partial charge in [-0.1, -0.05) is 35.6 Å². The van der Waals surface area contributed by atoms with Crippen LogP contribution < -0.4 is 15.4 Å². The number of halogens is 2. The number of nitrogens with one attached hydrogen (secondary N) is 2. The molecule has 174 valence electrons. The number of rotatable bonds is 5. The van der Waals surface area contributed by atoms with Crippen LogP contribution in [0.4, 0.5) is 15.9 Å². The molecule has 0 radical (unpaired) electrons. The van der Waals surface area contributed by atoms with Crippen LogP contribution in [0, 0.1) is 34.9 Å². The Hall–Kier alpha value is -3.69. The monoisotopic (exact) mass is 503 g/mol. The van der Waals surface area contributed by atoms with Crippen LogP contribution in [0.1, 0.15) is 16.9 Å². The van der Waals surface area contributed by atoms with Gasteiger partial charge in [0.15, 0.2) is 5.82 Å². The molecule has 1 fully saturated rings. The number of hydrogen-bond donors (Lipinski definition) is 2. The van der Waals surface area contributed by atoms with Gasteiger partial charge in [0.1, 0.15) is 24.5 Å². The zero-order valence-corrected chi connectivity index (χ0v) is 20.0. The van der Waals surface area contributed by atoms with Crippen molar-refractivity contribution in [1.82, 2.24) is 15.3 Å². The number of nitrogens with zero attached hydrogens (tertiary/aromatic N) is 3. The zero-order chi connectivity index (χ0) is 24.2. The molecule has 1 saturated heterocycles. The van der Waals surface area contributed by atoms with E-state index < -0.39 is 0 Å². The van der Waals surface area contributed by atoms with Crippen molar-refractivity contribution in [2.75, 3.05) is 11.9 Å². The summed E-state index contributed by atoms with van der Waals surface area (Å²) in [6.45, 7) is 0.891. The van der Waals surface area contributed by atoms with Crippen LogP contribution >= 0.6 is 22.9 Å². The average molecular weight is 504 g/mol. The third kappa shape index (κ3) is 5.52. The number of nitriles is 1. The zero-order valence-electron chi connectivity index (χ0n) is 18.4. The Morgan fingerprint density at radius 3 is 2.94 bits per heavy atom. The Morgan fingerprint density at radius 2 is 2.14 bits per heavy atom. The van der Waals surface area contributed by atoms with Crippen LogP contribution in [-0.2, 0) is 6.61 Å². The van der Waals surface area contributed by atoms with E-state index in [1.807, 2.05) is 12.1 Å². The van der Waals surface area contributed by atoms with Crippen LogP contribution in [0.15, 0.2) is 54.9 Å². The highest BCUT2D eigenvalue weighted by molar-refractivity contribution is 7.20. The fourth-order valence-corrected chi connectivity index (χ4v) is 4.88. The first-order chi connectivity index (χ1) is 17.1.